The third-order valence-electron chi connectivity index (χ3n) is 3.20. The van der Waals surface area contributed by atoms with Crippen LogP contribution >= 0.6 is 0 Å². The van der Waals surface area contributed by atoms with E-state index in [1.54, 1.807) is 0 Å². The van der Waals surface area contributed by atoms with E-state index >= 15 is 0 Å². The third kappa shape index (κ3) is 3.23. The van der Waals surface area contributed by atoms with Crippen LogP contribution in [0.25, 0.3) is 10.9 Å². The van der Waals surface area contributed by atoms with Crippen molar-refractivity contribution in [2.75, 3.05) is 13.2 Å². The van der Waals surface area contributed by atoms with Gasteiger partial charge in [0.1, 0.15) is 18.5 Å². The van der Waals surface area contributed by atoms with E-state index in [2.05, 4.69) is 10.3 Å². The Labute approximate surface area is 118 Å². The predicted octanol–water partition coefficient (Wildman–Crippen LogP) is 1.92. The van der Waals surface area contributed by atoms with Crippen LogP contribution < -0.4 is 10.1 Å². The van der Waals surface area contributed by atoms with Crippen LogP contribution in [0.4, 0.5) is 0 Å². The Morgan fingerprint density at radius 1 is 1.35 bits per heavy atom. The molecule has 0 aliphatic rings. The molecule has 0 radical (unpaired) electrons. The number of H-pyrrole nitrogens is 1. The maximum atomic E-state index is 9.86. The van der Waals surface area contributed by atoms with Crippen LogP contribution in [0.2, 0.25) is 0 Å². The van der Waals surface area contributed by atoms with Gasteiger partial charge in [0, 0.05) is 23.5 Å². The number of hydrogen-bond acceptors (Lipinski definition) is 4. The lowest BCUT2D eigenvalue weighted by molar-refractivity contribution is 0.105. The van der Waals surface area contributed by atoms with E-state index in [1.807, 2.05) is 39.0 Å². The first-order valence-electron chi connectivity index (χ1n) is 6.83. The van der Waals surface area contributed by atoms with E-state index in [9.17, 15) is 10.2 Å². The summed E-state index contributed by atoms with van der Waals surface area (Å²) in [5, 5.41) is 23.6. The molecule has 1 unspecified atom stereocenters. The molecule has 1 aromatic carbocycles. The van der Waals surface area contributed by atoms with Crippen molar-refractivity contribution in [2.45, 2.75) is 32.9 Å². The highest BCUT2D eigenvalue weighted by molar-refractivity contribution is 5.91. The van der Waals surface area contributed by atoms with Crippen LogP contribution in [0.1, 0.15) is 19.4 Å². The number of aromatic amines is 1. The zero-order chi connectivity index (χ0) is 14.7. The van der Waals surface area contributed by atoms with Gasteiger partial charge >= 0.3 is 0 Å². The van der Waals surface area contributed by atoms with Gasteiger partial charge in [0.25, 0.3) is 0 Å². The van der Waals surface area contributed by atoms with Gasteiger partial charge in [-0.05, 0) is 19.1 Å². The normalized spacial score (nSPS) is 13.1. The molecular weight excluding hydrogens is 256 g/mol. The smallest absolute Gasteiger partial charge is 0.192 e. The molecule has 2 rings (SSSR count). The Balaban J connectivity index is 2.06. The summed E-state index contributed by atoms with van der Waals surface area (Å²) in [5.41, 5.74) is 1.58. The number of hydrogen-bond donors (Lipinski definition) is 4. The Morgan fingerprint density at radius 2 is 2.10 bits per heavy atom. The first kappa shape index (κ1) is 14.7. The summed E-state index contributed by atoms with van der Waals surface area (Å²) < 4.78 is 5.69. The van der Waals surface area contributed by atoms with Crippen LogP contribution in [0.5, 0.6) is 11.6 Å². The number of aliphatic hydroxyl groups excluding tert-OH is 1. The highest BCUT2D eigenvalue weighted by atomic mass is 16.5. The number of ether oxygens (including phenoxy) is 1. The zero-order valence-corrected chi connectivity index (χ0v) is 12.1. The van der Waals surface area contributed by atoms with E-state index < -0.39 is 6.10 Å². The molecule has 0 saturated heterocycles. The first-order valence-corrected chi connectivity index (χ1v) is 6.83. The SMILES string of the molecule is Cc1c(O)[nH]c2cccc(OCC(O)CNC(C)C)c12. The zero-order valence-electron chi connectivity index (χ0n) is 12.1. The van der Waals surface area contributed by atoms with Crippen LogP contribution in [-0.4, -0.2) is 40.5 Å². The molecule has 1 atom stereocenters. The van der Waals surface area contributed by atoms with Gasteiger partial charge in [0.2, 0.25) is 0 Å². The second kappa shape index (κ2) is 6.15. The van der Waals surface area contributed by atoms with E-state index in [0.717, 1.165) is 16.5 Å². The molecule has 1 heterocycles. The third-order valence-corrected chi connectivity index (χ3v) is 3.20. The van der Waals surface area contributed by atoms with Gasteiger partial charge in [-0.15, -0.1) is 0 Å². The summed E-state index contributed by atoms with van der Waals surface area (Å²) in [6.07, 6.45) is -0.569. The number of aliphatic hydroxyl groups is 1. The molecule has 0 fully saturated rings. The number of rotatable bonds is 6. The molecule has 0 aliphatic heterocycles. The standard InChI is InChI=1S/C15H22N2O3/c1-9(2)16-7-11(18)8-20-13-6-4-5-12-14(13)10(3)15(19)17-12/h4-6,9,11,16-19H,7-8H2,1-3H3. The summed E-state index contributed by atoms with van der Waals surface area (Å²) in [6.45, 7) is 6.59. The predicted molar refractivity (Wildman–Crippen MR) is 79.3 cm³/mol. The van der Waals surface area contributed by atoms with Gasteiger partial charge in [0.15, 0.2) is 5.88 Å². The van der Waals surface area contributed by atoms with Crippen LogP contribution in [-0.2, 0) is 0 Å². The minimum absolute atomic E-state index is 0.151. The Kier molecular flexibility index (Phi) is 4.52. The maximum absolute atomic E-state index is 9.86. The Bertz CT molecular complexity index is 578. The lowest BCUT2D eigenvalue weighted by Crippen LogP contribution is -2.35. The van der Waals surface area contributed by atoms with Crippen molar-refractivity contribution >= 4 is 10.9 Å². The van der Waals surface area contributed by atoms with Crippen molar-refractivity contribution in [3.63, 3.8) is 0 Å². The fraction of sp³-hybridized carbons (Fsp3) is 0.467. The average Bonchev–Trinajstić information content (AvgIpc) is 2.70. The summed E-state index contributed by atoms with van der Waals surface area (Å²) in [7, 11) is 0. The monoisotopic (exact) mass is 278 g/mol. The average molecular weight is 278 g/mol. The number of aromatic hydroxyl groups is 1. The van der Waals surface area contributed by atoms with Crippen molar-refractivity contribution in [2.24, 2.45) is 0 Å². The highest BCUT2D eigenvalue weighted by Crippen LogP contribution is 2.33. The molecule has 0 aliphatic carbocycles. The Hall–Kier alpha value is -1.72. The number of aryl methyl sites for hydroxylation is 1. The second-order valence-electron chi connectivity index (χ2n) is 5.31. The van der Waals surface area contributed by atoms with E-state index in [1.165, 1.54) is 0 Å². The second-order valence-corrected chi connectivity index (χ2v) is 5.31. The molecule has 5 nitrogen and oxygen atoms in total. The van der Waals surface area contributed by atoms with Gasteiger partial charge in [0.05, 0.1) is 5.52 Å². The number of aromatic nitrogens is 1. The molecule has 0 saturated carbocycles. The molecule has 4 N–H and O–H groups in total. The minimum Gasteiger partial charge on any atom is -0.494 e. The van der Waals surface area contributed by atoms with Crippen molar-refractivity contribution in [1.82, 2.24) is 10.3 Å². The molecule has 1 aromatic heterocycles. The topological polar surface area (TPSA) is 77.5 Å². The minimum atomic E-state index is -0.569. The summed E-state index contributed by atoms with van der Waals surface area (Å²) >= 11 is 0. The number of fused-ring (bicyclic) bond motifs is 1. The van der Waals surface area contributed by atoms with Gasteiger partial charge in [-0.1, -0.05) is 19.9 Å². The van der Waals surface area contributed by atoms with Gasteiger partial charge in [-0.25, -0.2) is 0 Å². The molecule has 20 heavy (non-hydrogen) atoms. The first-order chi connectivity index (χ1) is 9.49. The van der Waals surface area contributed by atoms with E-state index in [-0.39, 0.29) is 12.5 Å². The van der Waals surface area contributed by atoms with Gasteiger partial charge in [-0.2, -0.15) is 0 Å². The van der Waals surface area contributed by atoms with E-state index in [4.69, 9.17) is 4.74 Å². The van der Waals surface area contributed by atoms with E-state index in [0.29, 0.717) is 18.3 Å². The highest BCUT2D eigenvalue weighted by Gasteiger charge is 2.13. The summed E-state index contributed by atoms with van der Waals surface area (Å²) in [6, 6.07) is 5.90. The van der Waals surface area contributed by atoms with Crippen molar-refractivity contribution in [3.05, 3.63) is 23.8 Å². The number of benzene rings is 1. The maximum Gasteiger partial charge on any atom is 0.192 e. The quantitative estimate of drug-likeness (QED) is 0.651. The molecule has 5 heteroatoms. The summed E-state index contributed by atoms with van der Waals surface area (Å²) in [4.78, 5) is 2.90. The molecule has 110 valence electrons. The molecule has 0 spiro atoms. The fourth-order valence-corrected chi connectivity index (χ4v) is 2.10. The van der Waals surface area contributed by atoms with Gasteiger partial charge < -0.3 is 25.3 Å². The molecule has 0 bridgehead atoms. The lowest BCUT2D eigenvalue weighted by atomic mass is 10.1. The number of nitrogens with one attached hydrogen (secondary N) is 2. The van der Waals surface area contributed by atoms with Crippen LogP contribution in [0.15, 0.2) is 18.2 Å². The van der Waals surface area contributed by atoms with Crippen LogP contribution in [0.3, 0.4) is 0 Å². The fourth-order valence-electron chi connectivity index (χ4n) is 2.10. The largest absolute Gasteiger partial charge is 0.494 e. The Morgan fingerprint density at radius 3 is 2.80 bits per heavy atom. The van der Waals surface area contributed by atoms with Crippen molar-refractivity contribution < 1.29 is 14.9 Å². The lowest BCUT2D eigenvalue weighted by Gasteiger charge is -2.15. The van der Waals surface area contributed by atoms with Crippen molar-refractivity contribution in [1.29, 1.82) is 0 Å². The van der Waals surface area contributed by atoms with Crippen molar-refractivity contribution in [3.8, 4) is 11.6 Å². The summed E-state index contributed by atoms with van der Waals surface area (Å²) in [5.74, 6) is 0.818. The van der Waals surface area contributed by atoms with Gasteiger partial charge in [-0.3, -0.25) is 0 Å². The molecule has 0 amide bonds. The molecular formula is C15H22N2O3. The molecule has 2 aromatic rings. The van der Waals surface area contributed by atoms with Crippen LogP contribution in [0, 0.1) is 6.92 Å².